The predicted molar refractivity (Wildman–Crippen MR) is 103 cm³/mol. The predicted octanol–water partition coefficient (Wildman–Crippen LogP) is 1.68. The van der Waals surface area contributed by atoms with Gasteiger partial charge in [0, 0.05) is 25.9 Å². The second-order valence-electron chi connectivity index (χ2n) is 6.73. The van der Waals surface area contributed by atoms with Crippen molar-refractivity contribution in [2.24, 2.45) is 0 Å². The molecule has 0 bridgehead atoms. The van der Waals surface area contributed by atoms with Crippen molar-refractivity contribution in [2.45, 2.75) is 38.3 Å². The summed E-state index contributed by atoms with van der Waals surface area (Å²) in [7, 11) is -1.80. The molecule has 2 rings (SSSR count). The standard InChI is InChI=1S/C19H28N2O4S/c1-5-7-14-8-10-15(11-9-14)19-16(12-20(3)18(23)6-2)21(17(19)13-22)26(4,24)25/h5,7-11,16-17,19,22H,6,12-13H2,1-4H3/b7-5+/t16-,17-,19-/m1/s1. The van der Waals surface area contributed by atoms with Crippen LogP contribution in [0.1, 0.15) is 37.3 Å². The molecule has 0 saturated carbocycles. The van der Waals surface area contributed by atoms with Crippen LogP contribution in [0.3, 0.4) is 0 Å². The molecule has 0 radical (unpaired) electrons. The average molecular weight is 381 g/mol. The van der Waals surface area contributed by atoms with Crippen molar-refractivity contribution in [3.63, 3.8) is 0 Å². The molecule has 26 heavy (non-hydrogen) atoms. The summed E-state index contributed by atoms with van der Waals surface area (Å²) in [5.41, 5.74) is 2.03. The van der Waals surface area contributed by atoms with Gasteiger partial charge in [-0.2, -0.15) is 4.31 Å². The van der Waals surface area contributed by atoms with Gasteiger partial charge >= 0.3 is 0 Å². The topological polar surface area (TPSA) is 77.9 Å². The lowest BCUT2D eigenvalue weighted by Crippen LogP contribution is -2.68. The minimum atomic E-state index is -3.49. The van der Waals surface area contributed by atoms with Crippen molar-refractivity contribution in [1.29, 1.82) is 0 Å². The first kappa shape index (κ1) is 20.6. The maximum atomic E-state index is 12.2. The molecule has 144 valence electrons. The molecular weight excluding hydrogens is 352 g/mol. The molecule has 0 spiro atoms. The first-order chi connectivity index (χ1) is 12.2. The van der Waals surface area contributed by atoms with Crippen molar-refractivity contribution in [3.8, 4) is 0 Å². The average Bonchev–Trinajstić information content (AvgIpc) is 2.57. The molecule has 1 amide bonds. The van der Waals surface area contributed by atoms with Gasteiger partial charge in [0.25, 0.3) is 0 Å². The summed E-state index contributed by atoms with van der Waals surface area (Å²) in [5.74, 6) is -0.186. The molecule has 1 aromatic rings. The molecule has 3 atom stereocenters. The molecule has 6 nitrogen and oxygen atoms in total. The second kappa shape index (κ2) is 8.33. The van der Waals surface area contributed by atoms with Gasteiger partial charge < -0.3 is 10.0 Å². The fourth-order valence-corrected chi connectivity index (χ4v) is 5.10. The van der Waals surface area contributed by atoms with E-state index in [1.807, 2.05) is 43.3 Å². The van der Waals surface area contributed by atoms with Crippen molar-refractivity contribution < 1.29 is 18.3 Å². The van der Waals surface area contributed by atoms with E-state index in [1.54, 1.807) is 18.9 Å². The molecule has 1 N–H and O–H groups in total. The number of carbonyl (C=O) groups is 1. The van der Waals surface area contributed by atoms with Crippen molar-refractivity contribution in [1.82, 2.24) is 9.21 Å². The fourth-order valence-electron chi connectivity index (χ4n) is 3.72. The van der Waals surface area contributed by atoms with E-state index in [9.17, 15) is 18.3 Å². The number of hydrogen-bond donors (Lipinski definition) is 1. The van der Waals surface area contributed by atoms with Gasteiger partial charge in [-0.15, -0.1) is 0 Å². The van der Waals surface area contributed by atoms with Crippen LogP contribution in [-0.2, 0) is 14.8 Å². The number of aliphatic hydroxyl groups is 1. The molecule has 1 heterocycles. The molecule has 0 unspecified atom stereocenters. The monoisotopic (exact) mass is 380 g/mol. The summed E-state index contributed by atoms with van der Waals surface area (Å²) in [4.78, 5) is 13.5. The number of allylic oxidation sites excluding steroid dienone is 1. The molecule has 1 aromatic carbocycles. The van der Waals surface area contributed by atoms with Crippen LogP contribution in [0.2, 0.25) is 0 Å². The van der Waals surface area contributed by atoms with Crippen LogP contribution in [0.5, 0.6) is 0 Å². The SMILES string of the molecule is C/C=C/c1ccc([C@H]2[C@@H](CO)N(S(C)(=O)=O)[C@@H]2CN(C)C(=O)CC)cc1. The van der Waals surface area contributed by atoms with Crippen LogP contribution in [0.15, 0.2) is 30.3 Å². The Morgan fingerprint density at radius 2 is 1.88 bits per heavy atom. The van der Waals surface area contributed by atoms with Gasteiger partial charge in [-0.3, -0.25) is 4.79 Å². The Bertz CT molecular complexity index is 758. The van der Waals surface area contributed by atoms with Crippen LogP contribution in [0, 0.1) is 0 Å². The Morgan fingerprint density at radius 1 is 1.27 bits per heavy atom. The minimum absolute atomic E-state index is 0.0342. The van der Waals surface area contributed by atoms with Gasteiger partial charge in [0.2, 0.25) is 15.9 Å². The normalized spacial score (nSPS) is 23.8. The van der Waals surface area contributed by atoms with E-state index in [0.717, 1.165) is 17.4 Å². The zero-order chi connectivity index (χ0) is 19.5. The van der Waals surface area contributed by atoms with Gasteiger partial charge in [0.15, 0.2) is 0 Å². The van der Waals surface area contributed by atoms with Gasteiger partial charge in [-0.1, -0.05) is 43.3 Å². The van der Waals surface area contributed by atoms with Gasteiger partial charge in [-0.05, 0) is 18.1 Å². The number of rotatable bonds is 7. The number of aliphatic hydroxyl groups excluding tert-OH is 1. The molecule has 1 fully saturated rings. The van der Waals surface area contributed by atoms with E-state index < -0.39 is 16.1 Å². The Balaban J connectivity index is 2.35. The van der Waals surface area contributed by atoms with Crippen LogP contribution < -0.4 is 0 Å². The Morgan fingerprint density at radius 3 is 2.35 bits per heavy atom. The molecular formula is C19H28N2O4S. The second-order valence-corrected chi connectivity index (χ2v) is 8.62. The lowest BCUT2D eigenvalue weighted by atomic mass is 9.77. The van der Waals surface area contributed by atoms with E-state index in [0.29, 0.717) is 13.0 Å². The zero-order valence-electron chi connectivity index (χ0n) is 15.8. The van der Waals surface area contributed by atoms with E-state index in [1.165, 1.54) is 4.31 Å². The highest BCUT2D eigenvalue weighted by Crippen LogP contribution is 2.42. The summed E-state index contributed by atoms with van der Waals surface area (Å²) in [6.45, 7) is 3.78. The molecule has 1 saturated heterocycles. The number of sulfonamides is 1. The Hall–Kier alpha value is -1.70. The highest BCUT2D eigenvalue weighted by molar-refractivity contribution is 7.88. The number of amides is 1. The van der Waals surface area contributed by atoms with Gasteiger partial charge in [0.05, 0.1) is 24.9 Å². The minimum Gasteiger partial charge on any atom is -0.395 e. The highest BCUT2D eigenvalue weighted by Gasteiger charge is 2.53. The van der Waals surface area contributed by atoms with E-state index in [2.05, 4.69) is 0 Å². The van der Waals surface area contributed by atoms with E-state index in [-0.39, 0.29) is 24.5 Å². The third-order valence-corrected chi connectivity index (χ3v) is 6.23. The van der Waals surface area contributed by atoms with Crippen LogP contribution in [-0.4, -0.2) is 67.2 Å². The Labute approximate surface area is 156 Å². The van der Waals surface area contributed by atoms with Crippen molar-refractivity contribution in [3.05, 3.63) is 41.5 Å². The highest BCUT2D eigenvalue weighted by atomic mass is 32.2. The first-order valence-electron chi connectivity index (χ1n) is 8.80. The fraction of sp³-hybridized carbons (Fsp3) is 0.526. The van der Waals surface area contributed by atoms with Crippen molar-refractivity contribution in [2.75, 3.05) is 26.5 Å². The molecule has 1 aliphatic rings. The molecule has 1 aliphatic heterocycles. The van der Waals surface area contributed by atoms with Gasteiger partial charge in [0.1, 0.15) is 0 Å². The number of hydrogen-bond acceptors (Lipinski definition) is 4. The van der Waals surface area contributed by atoms with Gasteiger partial charge in [-0.25, -0.2) is 8.42 Å². The zero-order valence-corrected chi connectivity index (χ0v) is 16.6. The number of likely N-dealkylation sites (N-methyl/N-ethyl adjacent to an activating group) is 1. The number of nitrogens with zero attached hydrogens (tertiary/aromatic N) is 2. The quantitative estimate of drug-likeness (QED) is 0.781. The van der Waals surface area contributed by atoms with Crippen LogP contribution in [0.4, 0.5) is 0 Å². The third kappa shape index (κ3) is 4.16. The van der Waals surface area contributed by atoms with Crippen LogP contribution >= 0.6 is 0 Å². The lowest BCUT2D eigenvalue weighted by molar-refractivity contribution is -0.131. The summed E-state index contributed by atoms with van der Waals surface area (Å²) in [6.07, 6.45) is 5.46. The number of benzene rings is 1. The number of carbonyl (C=O) groups excluding carboxylic acids is 1. The largest absolute Gasteiger partial charge is 0.395 e. The van der Waals surface area contributed by atoms with E-state index >= 15 is 0 Å². The van der Waals surface area contributed by atoms with Crippen LogP contribution in [0.25, 0.3) is 6.08 Å². The summed E-state index contributed by atoms with van der Waals surface area (Å²) in [6, 6.07) is 7.01. The molecule has 0 aromatic heterocycles. The summed E-state index contributed by atoms with van der Waals surface area (Å²) in [5, 5.41) is 9.80. The molecule has 7 heteroatoms. The Kier molecular flexibility index (Phi) is 6.60. The summed E-state index contributed by atoms with van der Waals surface area (Å²) >= 11 is 0. The smallest absolute Gasteiger partial charge is 0.222 e. The maximum Gasteiger partial charge on any atom is 0.222 e. The van der Waals surface area contributed by atoms with Crippen molar-refractivity contribution >= 4 is 22.0 Å². The summed E-state index contributed by atoms with van der Waals surface area (Å²) < 4.78 is 25.8. The maximum absolute atomic E-state index is 12.2. The first-order valence-corrected chi connectivity index (χ1v) is 10.6. The third-order valence-electron chi connectivity index (χ3n) is 4.92. The van der Waals surface area contributed by atoms with E-state index in [4.69, 9.17) is 0 Å². The lowest BCUT2D eigenvalue weighted by Gasteiger charge is -2.54. The molecule has 0 aliphatic carbocycles.